The van der Waals surface area contributed by atoms with Crippen LogP contribution in [0.25, 0.3) is 0 Å². The summed E-state index contributed by atoms with van der Waals surface area (Å²) in [6, 6.07) is 4.38. The first-order valence-electron chi connectivity index (χ1n) is 8.41. The van der Waals surface area contributed by atoms with Crippen LogP contribution >= 0.6 is 11.8 Å². The molecule has 1 aromatic heterocycles. The minimum Gasteiger partial charge on any atom is -0.464 e. The van der Waals surface area contributed by atoms with Crippen molar-refractivity contribution in [3.05, 3.63) is 23.7 Å². The van der Waals surface area contributed by atoms with E-state index in [1.54, 1.807) is 4.90 Å². The van der Waals surface area contributed by atoms with Crippen molar-refractivity contribution < 1.29 is 14.0 Å². The summed E-state index contributed by atoms with van der Waals surface area (Å²) >= 11 is 1.30. The van der Waals surface area contributed by atoms with Gasteiger partial charge in [0, 0.05) is 24.3 Å². The summed E-state index contributed by atoms with van der Waals surface area (Å²) in [7, 11) is 0. The van der Waals surface area contributed by atoms with Crippen molar-refractivity contribution in [2.75, 3.05) is 18.8 Å². The van der Waals surface area contributed by atoms with Gasteiger partial charge >= 0.3 is 0 Å². The standard InChI is InChI=1S/C17H22N2O3S/c1-11-8-14(11)15-5-4-13(22-15)9-19(12-2-3-12)16(20)10-18-6-7-23-17(18)21/h4-5,11-12,14H,2-3,6-10H2,1H3/t11-,14+/m0/s1. The van der Waals surface area contributed by atoms with E-state index in [0.29, 0.717) is 31.0 Å². The van der Waals surface area contributed by atoms with E-state index >= 15 is 0 Å². The van der Waals surface area contributed by atoms with Gasteiger partial charge in [-0.3, -0.25) is 9.59 Å². The van der Waals surface area contributed by atoms with Crippen LogP contribution in [0, 0.1) is 5.92 Å². The largest absolute Gasteiger partial charge is 0.464 e. The quantitative estimate of drug-likeness (QED) is 0.802. The molecule has 4 rings (SSSR count). The number of carbonyl (C=O) groups excluding carboxylic acids is 2. The van der Waals surface area contributed by atoms with E-state index in [0.717, 1.165) is 30.1 Å². The van der Waals surface area contributed by atoms with Gasteiger partial charge < -0.3 is 14.2 Å². The lowest BCUT2D eigenvalue weighted by Crippen LogP contribution is -2.41. The van der Waals surface area contributed by atoms with E-state index in [1.807, 2.05) is 11.0 Å². The van der Waals surface area contributed by atoms with Crippen LogP contribution in [0.4, 0.5) is 4.79 Å². The summed E-state index contributed by atoms with van der Waals surface area (Å²) in [6.45, 7) is 3.64. The fraction of sp³-hybridized carbons (Fsp3) is 0.647. The molecule has 23 heavy (non-hydrogen) atoms. The van der Waals surface area contributed by atoms with Gasteiger partial charge in [-0.25, -0.2) is 0 Å². The van der Waals surface area contributed by atoms with Crippen molar-refractivity contribution in [2.24, 2.45) is 5.92 Å². The summed E-state index contributed by atoms with van der Waals surface area (Å²) in [5.41, 5.74) is 0. The molecule has 0 unspecified atom stereocenters. The van der Waals surface area contributed by atoms with Crippen LogP contribution in [-0.2, 0) is 11.3 Å². The molecule has 124 valence electrons. The van der Waals surface area contributed by atoms with Crippen molar-refractivity contribution in [1.29, 1.82) is 0 Å². The third-order valence-electron chi connectivity index (χ3n) is 4.96. The number of thioether (sulfide) groups is 1. The Labute approximate surface area is 140 Å². The summed E-state index contributed by atoms with van der Waals surface area (Å²) in [4.78, 5) is 27.9. The second-order valence-electron chi connectivity index (χ2n) is 6.91. The van der Waals surface area contributed by atoms with Gasteiger partial charge in [-0.1, -0.05) is 18.7 Å². The number of hydrogen-bond donors (Lipinski definition) is 0. The average Bonchev–Trinajstić information content (AvgIpc) is 3.41. The molecule has 1 aliphatic heterocycles. The molecule has 1 saturated heterocycles. The first kappa shape index (κ1) is 15.1. The molecule has 2 saturated carbocycles. The second kappa shape index (κ2) is 5.89. The first-order chi connectivity index (χ1) is 11.1. The average molecular weight is 334 g/mol. The zero-order valence-electron chi connectivity index (χ0n) is 13.4. The van der Waals surface area contributed by atoms with Crippen molar-refractivity contribution in [3.63, 3.8) is 0 Å². The van der Waals surface area contributed by atoms with Gasteiger partial charge in [-0.2, -0.15) is 0 Å². The normalized spacial score (nSPS) is 26.7. The Morgan fingerprint density at radius 1 is 1.43 bits per heavy atom. The van der Waals surface area contributed by atoms with Gasteiger partial charge in [0.25, 0.3) is 5.24 Å². The molecule has 3 fully saturated rings. The minimum absolute atomic E-state index is 0.0251. The van der Waals surface area contributed by atoms with Crippen molar-refractivity contribution >= 4 is 22.9 Å². The molecule has 2 aliphatic carbocycles. The topological polar surface area (TPSA) is 53.8 Å². The highest BCUT2D eigenvalue weighted by Crippen LogP contribution is 2.47. The molecule has 2 atom stereocenters. The van der Waals surface area contributed by atoms with Crippen molar-refractivity contribution in [3.8, 4) is 0 Å². The lowest BCUT2D eigenvalue weighted by molar-refractivity contribution is -0.133. The summed E-state index contributed by atoms with van der Waals surface area (Å²) < 4.78 is 5.95. The molecular weight excluding hydrogens is 312 g/mol. The van der Waals surface area contributed by atoms with E-state index in [4.69, 9.17) is 4.42 Å². The minimum atomic E-state index is 0.0251. The van der Waals surface area contributed by atoms with Gasteiger partial charge in [-0.15, -0.1) is 0 Å². The van der Waals surface area contributed by atoms with Crippen LogP contribution in [0.3, 0.4) is 0 Å². The molecule has 0 radical (unpaired) electrons. The molecule has 2 heterocycles. The van der Waals surface area contributed by atoms with Crippen LogP contribution in [0.2, 0.25) is 0 Å². The number of amides is 2. The smallest absolute Gasteiger partial charge is 0.282 e. The molecule has 0 N–H and O–H groups in total. The molecule has 0 spiro atoms. The first-order valence-corrected chi connectivity index (χ1v) is 9.40. The second-order valence-corrected chi connectivity index (χ2v) is 7.96. The lowest BCUT2D eigenvalue weighted by atomic mass is 10.3. The summed E-state index contributed by atoms with van der Waals surface area (Å²) in [6.07, 6.45) is 3.32. The van der Waals surface area contributed by atoms with Crippen molar-refractivity contribution in [1.82, 2.24) is 9.80 Å². The van der Waals surface area contributed by atoms with Crippen molar-refractivity contribution in [2.45, 2.75) is 44.7 Å². The van der Waals surface area contributed by atoms with E-state index in [-0.39, 0.29) is 17.7 Å². The predicted molar refractivity (Wildman–Crippen MR) is 88.2 cm³/mol. The Morgan fingerprint density at radius 3 is 2.83 bits per heavy atom. The maximum absolute atomic E-state index is 12.6. The molecule has 2 amide bonds. The number of furan rings is 1. The lowest BCUT2D eigenvalue weighted by Gasteiger charge is -2.24. The molecule has 5 nitrogen and oxygen atoms in total. The maximum Gasteiger partial charge on any atom is 0.282 e. The Balaban J connectivity index is 1.40. The third-order valence-corrected chi connectivity index (χ3v) is 5.85. The highest BCUT2D eigenvalue weighted by atomic mass is 32.2. The number of carbonyl (C=O) groups is 2. The van der Waals surface area contributed by atoms with Gasteiger partial charge in [0.15, 0.2) is 0 Å². The van der Waals surface area contributed by atoms with E-state index in [1.165, 1.54) is 18.2 Å². The molecule has 6 heteroatoms. The van der Waals surface area contributed by atoms with Gasteiger partial charge in [-0.05, 0) is 37.3 Å². The van der Waals surface area contributed by atoms with Gasteiger partial charge in [0.1, 0.15) is 18.1 Å². The molecule has 1 aromatic rings. The van der Waals surface area contributed by atoms with Crippen LogP contribution in [0.15, 0.2) is 16.5 Å². The van der Waals surface area contributed by atoms with Crippen LogP contribution in [0.5, 0.6) is 0 Å². The van der Waals surface area contributed by atoms with Crippen LogP contribution < -0.4 is 0 Å². The van der Waals surface area contributed by atoms with E-state index in [2.05, 4.69) is 13.0 Å². The molecule has 0 bridgehead atoms. The SMILES string of the molecule is C[C@H]1C[C@H]1c1ccc(CN(C(=O)CN2CCSC2=O)C2CC2)o1. The van der Waals surface area contributed by atoms with Gasteiger partial charge in [0.2, 0.25) is 5.91 Å². The number of nitrogens with zero attached hydrogens (tertiary/aromatic N) is 2. The highest BCUT2D eigenvalue weighted by molar-refractivity contribution is 8.13. The van der Waals surface area contributed by atoms with Crippen LogP contribution in [0.1, 0.15) is 43.6 Å². The zero-order chi connectivity index (χ0) is 16.0. The Kier molecular flexibility index (Phi) is 3.87. The monoisotopic (exact) mass is 334 g/mol. The fourth-order valence-corrected chi connectivity index (χ4v) is 4.02. The summed E-state index contributed by atoms with van der Waals surface area (Å²) in [5.74, 6) is 4.03. The maximum atomic E-state index is 12.6. The molecule has 0 aromatic carbocycles. The molecular formula is C17H22N2O3S. The predicted octanol–water partition coefficient (Wildman–Crippen LogP) is 3.06. The third kappa shape index (κ3) is 3.27. The van der Waals surface area contributed by atoms with E-state index in [9.17, 15) is 9.59 Å². The van der Waals surface area contributed by atoms with E-state index < -0.39 is 0 Å². The number of hydrogen-bond acceptors (Lipinski definition) is 4. The van der Waals surface area contributed by atoms with Crippen LogP contribution in [-0.4, -0.2) is 45.8 Å². The zero-order valence-corrected chi connectivity index (χ0v) is 14.2. The Morgan fingerprint density at radius 2 is 2.22 bits per heavy atom. The fourth-order valence-electron chi connectivity index (χ4n) is 3.20. The number of rotatable bonds is 6. The Bertz CT molecular complexity index is 625. The summed E-state index contributed by atoms with van der Waals surface area (Å²) in [5, 5.41) is 0.0251. The highest BCUT2D eigenvalue weighted by Gasteiger charge is 2.38. The van der Waals surface area contributed by atoms with Gasteiger partial charge in [0.05, 0.1) is 6.54 Å². The Hall–Kier alpha value is -1.43. The molecule has 3 aliphatic rings.